The lowest BCUT2D eigenvalue weighted by Gasteiger charge is -2.25. The zero-order chi connectivity index (χ0) is 12.6. The molecule has 2 unspecified atom stereocenters. The molecule has 106 valence electrons. The quantitative estimate of drug-likeness (QED) is 0.806. The first kappa shape index (κ1) is 14.3. The smallest absolute Gasteiger partial charge is 0.00675 e. The predicted octanol–water partition coefficient (Wildman–Crippen LogP) is 3.42. The maximum absolute atomic E-state index is 3.67. The van der Waals surface area contributed by atoms with Crippen molar-refractivity contribution in [1.82, 2.24) is 10.2 Å². The van der Waals surface area contributed by atoms with E-state index in [0.717, 1.165) is 12.0 Å². The second kappa shape index (κ2) is 8.16. The van der Waals surface area contributed by atoms with Crippen LogP contribution in [0.25, 0.3) is 0 Å². The molecule has 0 saturated carbocycles. The van der Waals surface area contributed by atoms with E-state index in [-0.39, 0.29) is 0 Å². The van der Waals surface area contributed by atoms with Crippen molar-refractivity contribution in [3.05, 3.63) is 0 Å². The first-order valence-corrected chi connectivity index (χ1v) is 8.34. The molecular weight excluding hydrogens is 220 g/mol. The van der Waals surface area contributed by atoms with Crippen molar-refractivity contribution in [2.45, 2.75) is 70.8 Å². The highest BCUT2D eigenvalue weighted by Gasteiger charge is 2.16. The lowest BCUT2D eigenvalue weighted by molar-refractivity contribution is 0.263. The van der Waals surface area contributed by atoms with Gasteiger partial charge in [-0.25, -0.2) is 0 Å². The zero-order valence-corrected chi connectivity index (χ0v) is 12.3. The van der Waals surface area contributed by atoms with Gasteiger partial charge in [0.25, 0.3) is 0 Å². The number of hydrogen-bond donors (Lipinski definition) is 1. The largest absolute Gasteiger partial charge is 0.314 e. The van der Waals surface area contributed by atoms with E-state index in [1.807, 2.05) is 0 Å². The van der Waals surface area contributed by atoms with Crippen LogP contribution in [0.2, 0.25) is 0 Å². The number of nitrogens with one attached hydrogen (secondary N) is 1. The molecule has 2 heterocycles. The Morgan fingerprint density at radius 1 is 1.06 bits per heavy atom. The van der Waals surface area contributed by atoms with Gasteiger partial charge in [0, 0.05) is 6.04 Å². The average Bonchev–Trinajstić information content (AvgIpc) is 2.65. The van der Waals surface area contributed by atoms with Gasteiger partial charge < -0.3 is 10.2 Å². The molecule has 0 aromatic carbocycles. The lowest BCUT2D eigenvalue weighted by Crippen LogP contribution is -2.35. The van der Waals surface area contributed by atoms with Gasteiger partial charge in [-0.2, -0.15) is 0 Å². The molecule has 2 rings (SSSR count). The summed E-state index contributed by atoms with van der Waals surface area (Å²) in [6.45, 7) is 7.67. The van der Waals surface area contributed by atoms with Gasteiger partial charge >= 0.3 is 0 Å². The number of rotatable bonds is 5. The van der Waals surface area contributed by atoms with E-state index in [4.69, 9.17) is 0 Å². The van der Waals surface area contributed by atoms with E-state index in [1.165, 1.54) is 84.0 Å². The molecule has 2 aliphatic heterocycles. The summed E-state index contributed by atoms with van der Waals surface area (Å²) in [7, 11) is 0. The van der Waals surface area contributed by atoms with Gasteiger partial charge in [0.05, 0.1) is 0 Å². The minimum Gasteiger partial charge on any atom is -0.314 e. The summed E-state index contributed by atoms with van der Waals surface area (Å²) in [4.78, 5) is 2.72. The third-order valence-electron chi connectivity index (χ3n) is 4.96. The van der Waals surface area contributed by atoms with Crippen molar-refractivity contribution >= 4 is 0 Å². The summed E-state index contributed by atoms with van der Waals surface area (Å²) >= 11 is 0. The normalized spacial score (nSPS) is 31.2. The van der Waals surface area contributed by atoms with E-state index < -0.39 is 0 Å². The second-order valence-electron chi connectivity index (χ2n) is 6.34. The first-order chi connectivity index (χ1) is 8.88. The minimum absolute atomic E-state index is 0.828. The third kappa shape index (κ3) is 4.89. The molecule has 0 amide bonds. The van der Waals surface area contributed by atoms with Gasteiger partial charge in [0.2, 0.25) is 0 Å². The van der Waals surface area contributed by atoms with E-state index in [1.54, 1.807) is 0 Å². The van der Waals surface area contributed by atoms with Crippen LogP contribution < -0.4 is 5.32 Å². The third-order valence-corrected chi connectivity index (χ3v) is 4.96. The van der Waals surface area contributed by atoms with E-state index >= 15 is 0 Å². The van der Waals surface area contributed by atoms with Crippen LogP contribution in [0.4, 0.5) is 0 Å². The van der Waals surface area contributed by atoms with Crippen LogP contribution >= 0.6 is 0 Å². The molecule has 18 heavy (non-hydrogen) atoms. The van der Waals surface area contributed by atoms with Crippen molar-refractivity contribution in [1.29, 1.82) is 0 Å². The summed E-state index contributed by atoms with van der Waals surface area (Å²) in [5.74, 6) is 1.01. The summed E-state index contributed by atoms with van der Waals surface area (Å²) in [6.07, 6.45) is 12.8. The fourth-order valence-electron chi connectivity index (χ4n) is 3.59. The second-order valence-corrected chi connectivity index (χ2v) is 6.34. The molecule has 0 aromatic rings. The van der Waals surface area contributed by atoms with E-state index in [9.17, 15) is 0 Å². The Labute approximate surface area is 114 Å². The Balaban J connectivity index is 1.58. The SMILES string of the molecule is CCC1CCCN(CCCC2CCCCN2)CC1. The molecule has 0 aromatic heterocycles. The van der Waals surface area contributed by atoms with Crippen LogP contribution in [0.15, 0.2) is 0 Å². The molecule has 1 N–H and O–H groups in total. The zero-order valence-electron chi connectivity index (χ0n) is 12.3. The van der Waals surface area contributed by atoms with Crippen LogP contribution in [-0.2, 0) is 0 Å². The van der Waals surface area contributed by atoms with Crippen LogP contribution in [0.3, 0.4) is 0 Å². The van der Waals surface area contributed by atoms with Crippen LogP contribution in [0.5, 0.6) is 0 Å². The van der Waals surface area contributed by atoms with Crippen molar-refractivity contribution in [2.24, 2.45) is 5.92 Å². The number of piperidine rings is 1. The fourth-order valence-corrected chi connectivity index (χ4v) is 3.59. The van der Waals surface area contributed by atoms with Gasteiger partial charge in [-0.05, 0) is 77.0 Å². The topological polar surface area (TPSA) is 15.3 Å². The van der Waals surface area contributed by atoms with E-state index in [2.05, 4.69) is 17.1 Å². The number of likely N-dealkylation sites (tertiary alicyclic amines) is 1. The highest BCUT2D eigenvalue weighted by atomic mass is 15.1. The standard InChI is InChI=1S/C16H32N2/c1-2-15-7-5-12-18(14-10-15)13-6-9-16-8-3-4-11-17-16/h15-17H,2-14H2,1H3. The van der Waals surface area contributed by atoms with Crippen molar-refractivity contribution in [3.8, 4) is 0 Å². The predicted molar refractivity (Wildman–Crippen MR) is 78.9 cm³/mol. The van der Waals surface area contributed by atoms with Crippen LogP contribution in [0, 0.1) is 5.92 Å². The number of nitrogens with zero attached hydrogens (tertiary/aromatic N) is 1. The van der Waals surface area contributed by atoms with Crippen molar-refractivity contribution < 1.29 is 0 Å². The molecule has 0 aliphatic carbocycles. The van der Waals surface area contributed by atoms with Crippen molar-refractivity contribution in [3.63, 3.8) is 0 Å². The summed E-state index contributed by atoms with van der Waals surface area (Å²) in [5.41, 5.74) is 0. The maximum Gasteiger partial charge on any atom is 0.00675 e. The summed E-state index contributed by atoms with van der Waals surface area (Å²) < 4.78 is 0. The molecule has 2 atom stereocenters. The molecular formula is C16H32N2. The highest BCUT2D eigenvalue weighted by molar-refractivity contribution is 4.74. The molecule has 0 bridgehead atoms. The molecule has 2 heteroatoms. The minimum atomic E-state index is 0.828. The maximum atomic E-state index is 3.67. The Bertz CT molecular complexity index is 211. The molecule has 2 aliphatic rings. The monoisotopic (exact) mass is 252 g/mol. The van der Waals surface area contributed by atoms with E-state index in [0.29, 0.717) is 0 Å². The summed E-state index contributed by atoms with van der Waals surface area (Å²) in [6, 6.07) is 0.828. The van der Waals surface area contributed by atoms with Gasteiger partial charge in [0.1, 0.15) is 0 Å². The van der Waals surface area contributed by atoms with Gasteiger partial charge in [-0.15, -0.1) is 0 Å². The Kier molecular flexibility index (Phi) is 6.50. The number of hydrogen-bond acceptors (Lipinski definition) is 2. The Morgan fingerprint density at radius 2 is 2.00 bits per heavy atom. The van der Waals surface area contributed by atoms with Crippen molar-refractivity contribution in [2.75, 3.05) is 26.2 Å². The molecule has 0 radical (unpaired) electrons. The lowest BCUT2D eigenvalue weighted by atomic mass is 9.98. The van der Waals surface area contributed by atoms with Crippen LogP contribution in [-0.4, -0.2) is 37.1 Å². The Hall–Kier alpha value is -0.0800. The van der Waals surface area contributed by atoms with Gasteiger partial charge in [-0.1, -0.05) is 19.8 Å². The van der Waals surface area contributed by atoms with Crippen LogP contribution in [0.1, 0.15) is 64.7 Å². The van der Waals surface area contributed by atoms with Gasteiger partial charge in [-0.3, -0.25) is 0 Å². The Morgan fingerprint density at radius 3 is 2.78 bits per heavy atom. The fraction of sp³-hybridized carbons (Fsp3) is 1.00. The first-order valence-electron chi connectivity index (χ1n) is 8.34. The molecule has 2 saturated heterocycles. The molecule has 2 fully saturated rings. The average molecular weight is 252 g/mol. The van der Waals surface area contributed by atoms with Gasteiger partial charge in [0.15, 0.2) is 0 Å². The molecule has 2 nitrogen and oxygen atoms in total. The molecule has 0 spiro atoms. The highest BCUT2D eigenvalue weighted by Crippen LogP contribution is 2.20. The summed E-state index contributed by atoms with van der Waals surface area (Å²) in [5, 5.41) is 3.67.